The van der Waals surface area contributed by atoms with Crippen molar-refractivity contribution in [3.05, 3.63) is 71.3 Å². The summed E-state index contributed by atoms with van der Waals surface area (Å²) < 4.78 is 26.1. The molecule has 0 aliphatic carbocycles. The number of anilines is 3. The van der Waals surface area contributed by atoms with Gasteiger partial charge >= 0.3 is 0 Å². The SMILES string of the molecule is CCCNc1nc(NCc2ccc(F)cc2)nc(NCc2ccc(F)cc2)n1. The average Bonchev–Trinajstić information content (AvgIpc) is 2.71. The van der Waals surface area contributed by atoms with Gasteiger partial charge in [0, 0.05) is 19.6 Å². The van der Waals surface area contributed by atoms with Gasteiger partial charge in [0.15, 0.2) is 0 Å². The van der Waals surface area contributed by atoms with Crippen molar-refractivity contribution in [2.45, 2.75) is 26.4 Å². The molecule has 0 bridgehead atoms. The highest BCUT2D eigenvalue weighted by Gasteiger charge is 2.07. The van der Waals surface area contributed by atoms with Gasteiger partial charge in [0.25, 0.3) is 0 Å². The number of nitrogens with zero attached hydrogens (tertiary/aromatic N) is 3. The zero-order chi connectivity index (χ0) is 19.8. The van der Waals surface area contributed by atoms with Crippen LogP contribution in [0.2, 0.25) is 0 Å². The minimum atomic E-state index is -0.276. The molecule has 146 valence electrons. The van der Waals surface area contributed by atoms with Crippen molar-refractivity contribution in [1.29, 1.82) is 0 Å². The van der Waals surface area contributed by atoms with E-state index in [1.54, 1.807) is 24.3 Å². The zero-order valence-electron chi connectivity index (χ0n) is 15.5. The molecule has 28 heavy (non-hydrogen) atoms. The molecule has 0 radical (unpaired) electrons. The fourth-order valence-corrected chi connectivity index (χ4v) is 2.42. The highest BCUT2D eigenvalue weighted by molar-refractivity contribution is 5.43. The standard InChI is InChI=1S/C20H22F2N6/c1-2-11-23-18-26-19(24-12-14-3-7-16(21)8-4-14)28-20(27-18)25-13-15-5-9-17(22)10-6-15/h3-10H,2,11-13H2,1H3,(H3,23,24,25,26,27,28). The van der Waals surface area contributed by atoms with Crippen LogP contribution in [0.3, 0.4) is 0 Å². The van der Waals surface area contributed by atoms with E-state index >= 15 is 0 Å². The van der Waals surface area contributed by atoms with Crippen molar-refractivity contribution in [3.8, 4) is 0 Å². The Kier molecular flexibility index (Phi) is 6.67. The lowest BCUT2D eigenvalue weighted by molar-refractivity contribution is 0.626. The summed E-state index contributed by atoms with van der Waals surface area (Å²) in [6, 6.07) is 12.5. The van der Waals surface area contributed by atoms with Gasteiger partial charge < -0.3 is 16.0 Å². The molecule has 0 saturated heterocycles. The lowest BCUT2D eigenvalue weighted by atomic mass is 10.2. The van der Waals surface area contributed by atoms with E-state index in [0.717, 1.165) is 24.1 Å². The molecule has 0 unspecified atom stereocenters. The molecule has 0 aliphatic heterocycles. The first kappa shape index (κ1) is 19.5. The van der Waals surface area contributed by atoms with Crippen LogP contribution in [0.25, 0.3) is 0 Å². The molecule has 1 heterocycles. The minimum Gasteiger partial charge on any atom is -0.354 e. The van der Waals surface area contributed by atoms with Crippen molar-refractivity contribution >= 4 is 17.8 Å². The normalized spacial score (nSPS) is 10.5. The number of nitrogens with one attached hydrogen (secondary N) is 3. The molecule has 0 aliphatic rings. The number of hydrogen-bond donors (Lipinski definition) is 3. The molecule has 3 N–H and O–H groups in total. The third-order valence-corrected chi connectivity index (χ3v) is 3.90. The Morgan fingerprint density at radius 2 is 1.04 bits per heavy atom. The Labute approximate surface area is 162 Å². The molecular formula is C20H22F2N6. The molecule has 0 fully saturated rings. The second-order valence-electron chi connectivity index (χ2n) is 6.19. The summed E-state index contributed by atoms with van der Waals surface area (Å²) in [6.07, 6.45) is 0.933. The maximum Gasteiger partial charge on any atom is 0.229 e. The van der Waals surface area contributed by atoms with Gasteiger partial charge in [-0.25, -0.2) is 8.78 Å². The smallest absolute Gasteiger partial charge is 0.229 e. The molecule has 0 spiro atoms. The summed E-state index contributed by atoms with van der Waals surface area (Å²) in [5.74, 6) is 0.712. The fourth-order valence-electron chi connectivity index (χ4n) is 2.42. The van der Waals surface area contributed by atoms with Crippen LogP contribution < -0.4 is 16.0 Å². The Bertz CT molecular complexity index is 816. The lowest BCUT2D eigenvalue weighted by Gasteiger charge is -2.11. The van der Waals surface area contributed by atoms with Crippen LogP contribution in [-0.2, 0) is 13.1 Å². The molecule has 3 rings (SSSR count). The van der Waals surface area contributed by atoms with Gasteiger partial charge in [0.05, 0.1) is 0 Å². The number of benzene rings is 2. The second-order valence-corrected chi connectivity index (χ2v) is 6.19. The molecular weight excluding hydrogens is 362 g/mol. The van der Waals surface area contributed by atoms with Gasteiger partial charge in [-0.05, 0) is 41.8 Å². The minimum absolute atomic E-state index is 0.276. The van der Waals surface area contributed by atoms with E-state index in [0.29, 0.717) is 30.9 Å². The van der Waals surface area contributed by atoms with Crippen molar-refractivity contribution in [3.63, 3.8) is 0 Å². The van der Waals surface area contributed by atoms with Crippen molar-refractivity contribution in [2.75, 3.05) is 22.5 Å². The summed E-state index contributed by atoms with van der Waals surface area (Å²) in [5.41, 5.74) is 1.82. The number of halogens is 2. The third kappa shape index (κ3) is 5.87. The van der Waals surface area contributed by atoms with E-state index in [-0.39, 0.29) is 11.6 Å². The van der Waals surface area contributed by atoms with Crippen LogP contribution >= 0.6 is 0 Å². The Morgan fingerprint density at radius 3 is 1.43 bits per heavy atom. The molecule has 0 saturated carbocycles. The maximum atomic E-state index is 13.0. The molecule has 0 amide bonds. The fraction of sp³-hybridized carbons (Fsp3) is 0.250. The van der Waals surface area contributed by atoms with E-state index in [4.69, 9.17) is 0 Å². The molecule has 0 atom stereocenters. The average molecular weight is 384 g/mol. The summed E-state index contributed by atoms with van der Waals surface area (Å²) >= 11 is 0. The summed E-state index contributed by atoms with van der Waals surface area (Å²) in [4.78, 5) is 13.1. The van der Waals surface area contributed by atoms with Crippen LogP contribution in [0, 0.1) is 11.6 Å². The van der Waals surface area contributed by atoms with Crippen molar-refractivity contribution in [1.82, 2.24) is 15.0 Å². The Hall–Kier alpha value is -3.29. The van der Waals surface area contributed by atoms with Gasteiger partial charge in [-0.3, -0.25) is 0 Å². The predicted molar refractivity (Wildman–Crippen MR) is 106 cm³/mol. The zero-order valence-corrected chi connectivity index (χ0v) is 15.5. The topological polar surface area (TPSA) is 74.8 Å². The Morgan fingerprint density at radius 1 is 0.643 bits per heavy atom. The highest BCUT2D eigenvalue weighted by atomic mass is 19.1. The Balaban J connectivity index is 1.69. The van der Waals surface area contributed by atoms with E-state index in [2.05, 4.69) is 37.8 Å². The molecule has 1 aromatic heterocycles. The highest BCUT2D eigenvalue weighted by Crippen LogP contribution is 2.13. The lowest BCUT2D eigenvalue weighted by Crippen LogP contribution is -2.13. The first-order valence-electron chi connectivity index (χ1n) is 9.09. The molecule has 6 nitrogen and oxygen atoms in total. The second kappa shape index (κ2) is 9.59. The van der Waals surface area contributed by atoms with Gasteiger partial charge in [-0.2, -0.15) is 15.0 Å². The van der Waals surface area contributed by atoms with Crippen LogP contribution in [-0.4, -0.2) is 21.5 Å². The van der Waals surface area contributed by atoms with Gasteiger partial charge in [-0.15, -0.1) is 0 Å². The van der Waals surface area contributed by atoms with E-state index in [1.165, 1.54) is 24.3 Å². The molecule has 8 heteroatoms. The van der Waals surface area contributed by atoms with E-state index < -0.39 is 0 Å². The van der Waals surface area contributed by atoms with Crippen molar-refractivity contribution in [2.24, 2.45) is 0 Å². The molecule has 3 aromatic rings. The van der Waals surface area contributed by atoms with E-state index in [9.17, 15) is 8.78 Å². The van der Waals surface area contributed by atoms with Gasteiger partial charge in [0.1, 0.15) is 11.6 Å². The summed E-state index contributed by atoms with van der Waals surface area (Å²) in [5, 5.41) is 9.40. The maximum absolute atomic E-state index is 13.0. The first-order chi connectivity index (χ1) is 13.6. The quantitative estimate of drug-likeness (QED) is 0.514. The monoisotopic (exact) mass is 384 g/mol. The predicted octanol–water partition coefficient (Wildman–Crippen LogP) is 4.20. The number of hydrogen-bond acceptors (Lipinski definition) is 6. The van der Waals surface area contributed by atoms with Crippen LogP contribution in [0.1, 0.15) is 24.5 Å². The van der Waals surface area contributed by atoms with Crippen molar-refractivity contribution < 1.29 is 8.78 Å². The summed E-state index contributed by atoms with van der Waals surface area (Å²) in [7, 11) is 0. The van der Waals surface area contributed by atoms with Gasteiger partial charge in [-0.1, -0.05) is 31.2 Å². The molecule has 2 aromatic carbocycles. The van der Waals surface area contributed by atoms with Crippen LogP contribution in [0.4, 0.5) is 26.6 Å². The number of aromatic nitrogens is 3. The number of rotatable bonds is 9. The third-order valence-electron chi connectivity index (χ3n) is 3.90. The van der Waals surface area contributed by atoms with E-state index in [1.807, 2.05) is 0 Å². The van der Waals surface area contributed by atoms with Gasteiger partial charge in [0.2, 0.25) is 17.8 Å². The first-order valence-corrected chi connectivity index (χ1v) is 9.09. The van der Waals surface area contributed by atoms with Crippen LogP contribution in [0.15, 0.2) is 48.5 Å². The summed E-state index contributed by atoms with van der Waals surface area (Å²) in [6.45, 7) is 3.69. The largest absolute Gasteiger partial charge is 0.354 e. The van der Waals surface area contributed by atoms with Crippen LogP contribution in [0.5, 0.6) is 0 Å².